The molecule has 2 amide bonds. The van der Waals surface area contributed by atoms with Crippen LogP contribution in [-0.2, 0) is 9.59 Å². The number of hydrogen-bond acceptors (Lipinski definition) is 2. The van der Waals surface area contributed by atoms with Crippen molar-refractivity contribution in [3.05, 3.63) is 53.6 Å². The van der Waals surface area contributed by atoms with Crippen LogP contribution < -0.4 is 4.90 Å². The van der Waals surface area contributed by atoms with Gasteiger partial charge in [-0.15, -0.1) is 0 Å². The van der Waals surface area contributed by atoms with Crippen molar-refractivity contribution >= 4 is 17.5 Å². The first-order chi connectivity index (χ1) is 10.6. The number of imide groups is 1. The maximum absolute atomic E-state index is 12.9. The van der Waals surface area contributed by atoms with E-state index >= 15 is 0 Å². The first kappa shape index (κ1) is 13.5. The average molecular weight is 293 g/mol. The average Bonchev–Trinajstić information content (AvgIpc) is 3.17. The Balaban J connectivity index is 1.77. The van der Waals surface area contributed by atoms with E-state index in [9.17, 15) is 9.59 Å². The number of carbonyl (C=O) groups excluding carboxylic acids is 2. The van der Waals surface area contributed by atoms with Gasteiger partial charge in [0, 0.05) is 11.8 Å². The van der Waals surface area contributed by atoms with E-state index < -0.39 is 0 Å². The summed E-state index contributed by atoms with van der Waals surface area (Å²) in [5.41, 5.74) is 3.36. The summed E-state index contributed by atoms with van der Waals surface area (Å²) in [7, 11) is 0. The normalized spacial score (nSPS) is 32.1. The van der Waals surface area contributed by atoms with E-state index in [0.717, 1.165) is 6.42 Å². The highest BCUT2D eigenvalue weighted by Gasteiger charge is 2.61. The molecule has 4 atom stereocenters. The molecule has 1 heterocycles. The lowest BCUT2D eigenvalue weighted by Gasteiger charge is -2.19. The van der Waals surface area contributed by atoms with E-state index in [1.807, 2.05) is 30.3 Å². The van der Waals surface area contributed by atoms with Crippen LogP contribution in [0, 0.1) is 23.7 Å². The van der Waals surface area contributed by atoms with E-state index in [0.29, 0.717) is 5.69 Å². The predicted molar refractivity (Wildman–Crippen MR) is 85.0 cm³/mol. The van der Waals surface area contributed by atoms with Crippen LogP contribution in [0.1, 0.15) is 20.3 Å². The van der Waals surface area contributed by atoms with Gasteiger partial charge in [0.25, 0.3) is 0 Å². The van der Waals surface area contributed by atoms with Crippen molar-refractivity contribution < 1.29 is 9.59 Å². The number of rotatable bonds is 2. The van der Waals surface area contributed by atoms with Gasteiger partial charge in [0.15, 0.2) is 0 Å². The lowest BCUT2D eigenvalue weighted by molar-refractivity contribution is -0.122. The fourth-order valence-corrected chi connectivity index (χ4v) is 4.37. The maximum atomic E-state index is 12.9. The molecule has 2 aliphatic carbocycles. The van der Waals surface area contributed by atoms with Crippen molar-refractivity contribution in [1.29, 1.82) is 0 Å². The number of anilines is 1. The zero-order chi connectivity index (χ0) is 15.4. The molecule has 1 saturated heterocycles. The molecule has 3 nitrogen and oxygen atoms in total. The van der Waals surface area contributed by atoms with Crippen LogP contribution in [0.5, 0.6) is 0 Å². The van der Waals surface area contributed by atoms with Crippen LogP contribution in [0.3, 0.4) is 0 Å². The molecule has 3 aliphatic rings. The molecular weight excluding hydrogens is 274 g/mol. The summed E-state index contributed by atoms with van der Waals surface area (Å²) in [6.45, 7) is 4.27. The Morgan fingerprint density at radius 1 is 1.00 bits per heavy atom. The molecule has 2 fully saturated rings. The van der Waals surface area contributed by atoms with E-state index in [4.69, 9.17) is 0 Å². The van der Waals surface area contributed by atoms with E-state index in [2.05, 4.69) is 26.0 Å². The van der Waals surface area contributed by atoms with Crippen molar-refractivity contribution in [3.8, 4) is 0 Å². The molecule has 0 N–H and O–H groups in total. The number of para-hydroxylation sites is 1. The highest BCUT2D eigenvalue weighted by atomic mass is 16.2. The molecule has 1 aliphatic heterocycles. The van der Waals surface area contributed by atoms with Gasteiger partial charge in [-0.25, -0.2) is 4.90 Å². The second-order valence-corrected chi connectivity index (χ2v) is 6.42. The predicted octanol–water partition coefficient (Wildman–Crippen LogP) is 3.33. The summed E-state index contributed by atoms with van der Waals surface area (Å²) in [6, 6.07) is 9.29. The van der Waals surface area contributed by atoms with Gasteiger partial charge in [-0.3, -0.25) is 9.59 Å². The van der Waals surface area contributed by atoms with Crippen molar-refractivity contribution in [2.24, 2.45) is 23.7 Å². The van der Waals surface area contributed by atoms with Gasteiger partial charge >= 0.3 is 0 Å². The van der Waals surface area contributed by atoms with Gasteiger partial charge in [0.1, 0.15) is 0 Å². The van der Waals surface area contributed by atoms with Crippen molar-refractivity contribution in [3.63, 3.8) is 0 Å². The summed E-state index contributed by atoms with van der Waals surface area (Å²) in [6.07, 6.45) is 5.26. The Hall–Kier alpha value is -2.16. The molecule has 112 valence electrons. The van der Waals surface area contributed by atoms with Gasteiger partial charge in [-0.1, -0.05) is 48.4 Å². The number of benzene rings is 1. The first-order valence-corrected chi connectivity index (χ1v) is 7.96. The molecule has 2 bridgehead atoms. The number of amides is 2. The highest BCUT2D eigenvalue weighted by Crippen LogP contribution is 2.57. The molecule has 0 aromatic heterocycles. The Labute approximate surface area is 130 Å². The van der Waals surface area contributed by atoms with Crippen LogP contribution in [-0.4, -0.2) is 11.8 Å². The summed E-state index contributed by atoms with van der Waals surface area (Å²) >= 11 is 0. The smallest absolute Gasteiger partial charge is 0.238 e. The number of fused-ring (bicyclic) bond motifs is 5. The number of carbonyl (C=O) groups is 2. The second kappa shape index (κ2) is 4.67. The van der Waals surface area contributed by atoms with Crippen LogP contribution in [0.25, 0.3) is 0 Å². The molecule has 1 saturated carbocycles. The van der Waals surface area contributed by atoms with E-state index in [1.54, 1.807) is 0 Å². The molecule has 0 spiro atoms. The molecule has 1 aromatic carbocycles. The van der Waals surface area contributed by atoms with Crippen molar-refractivity contribution in [2.45, 2.75) is 20.3 Å². The van der Waals surface area contributed by atoms with Gasteiger partial charge in [-0.2, -0.15) is 0 Å². The standard InChI is InChI=1S/C19H19NO2/c1-3-11(2)15-13-9-10-14(15)17-16(13)18(21)20(19(17)22)12-7-5-4-6-8-12/h4-10,13-14,16-17H,3H2,1-2H3. The third-order valence-electron chi connectivity index (χ3n) is 5.45. The van der Waals surface area contributed by atoms with Gasteiger partial charge in [0.05, 0.1) is 17.5 Å². The fraction of sp³-hybridized carbons (Fsp3) is 0.368. The Morgan fingerprint density at radius 2 is 1.55 bits per heavy atom. The van der Waals surface area contributed by atoms with Crippen LogP contribution in [0.4, 0.5) is 5.69 Å². The lowest BCUT2D eigenvalue weighted by atomic mass is 9.85. The number of allylic oxidation sites excluding steroid dienone is 4. The molecule has 22 heavy (non-hydrogen) atoms. The lowest BCUT2D eigenvalue weighted by Crippen LogP contribution is -2.33. The quantitative estimate of drug-likeness (QED) is 0.619. The minimum Gasteiger partial charge on any atom is -0.274 e. The van der Waals surface area contributed by atoms with Gasteiger partial charge in [0.2, 0.25) is 11.8 Å². The summed E-state index contributed by atoms with van der Waals surface area (Å²) in [4.78, 5) is 27.2. The van der Waals surface area contributed by atoms with Crippen LogP contribution in [0.15, 0.2) is 53.6 Å². The zero-order valence-electron chi connectivity index (χ0n) is 12.8. The van der Waals surface area contributed by atoms with Gasteiger partial charge < -0.3 is 0 Å². The third kappa shape index (κ3) is 1.57. The molecule has 3 heteroatoms. The molecular formula is C19H19NO2. The Kier molecular flexibility index (Phi) is 2.86. The number of hydrogen-bond donors (Lipinski definition) is 0. The molecule has 4 unspecified atom stereocenters. The first-order valence-electron chi connectivity index (χ1n) is 7.96. The van der Waals surface area contributed by atoms with Crippen LogP contribution >= 0.6 is 0 Å². The third-order valence-corrected chi connectivity index (χ3v) is 5.45. The second-order valence-electron chi connectivity index (χ2n) is 6.42. The SMILES string of the molecule is CCC(C)=C1C2C=CC1C1C(=O)N(c3ccccc3)C(=O)C21. The molecule has 4 rings (SSSR count). The monoisotopic (exact) mass is 293 g/mol. The fourth-order valence-electron chi connectivity index (χ4n) is 4.37. The summed E-state index contributed by atoms with van der Waals surface area (Å²) < 4.78 is 0. The zero-order valence-corrected chi connectivity index (χ0v) is 12.8. The van der Waals surface area contributed by atoms with Crippen molar-refractivity contribution in [2.75, 3.05) is 4.90 Å². The van der Waals surface area contributed by atoms with Gasteiger partial charge in [-0.05, 0) is 25.5 Å². The van der Waals surface area contributed by atoms with Crippen molar-refractivity contribution in [1.82, 2.24) is 0 Å². The summed E-state index contributed by atoms with van der Waals surface area (Å²) in [5.74, 6) is -0.197. The van der Waals surface area contributed by atoms with E-state index in [1.165, 1.54) is 16.0 Å². The Bertz CT molecular complexity index is 682. The Morgan fingerprint density at radius 3 is 2.05 bits per heavy atom. The minimum absolute atomic E-state index is 0.0283. The number of nitrogens with zero attached hydrogens (tertiary/aromatic N) is 1. The summed E-state index contributed by atoms with van der Waals surface area (Å²) in [5, 5.41) is 0. The molecule has 1 aromatic rings. The van der Waals surface area contributed by atoms with E-state index in [-0.39, 0.29) is 35.5 Å². The minimum atomic E-state index is -0.195. The largest absolute Gasteiger partial charge is 0.274 e. The highest BCUT2D eigenvalue weighted by molar-refractivity contribution is 6.23. The topological polar surface area (TPSA) is 37.4 Å². The maximum Gasteiger partial charge on any atom is 0.238 e. The van der Waals surface area contributed by atoms with Crippen LogP contribution in [0.2, 0.25) is 0 Å². The molecule has 0 radical (unpaired) electrons.